The Morgan fingerprint density at radius 1 is 1.10 bits per heavy atom. The zero-order chi connectivity index (χ0) is 20.8. The average Bonchev–Trinajstić information content (AvgIpc) is 2.74. The minimum absolute atomic E-state index is 0.0677. The van der Waals surface area contributed by atoms with Gasteiger partial charge in [-0.25, -0.2) is 4.39 Å². The van der Waals surface area contributed by atoms with Crippen LogP contribution in [0.25, 0.3) is 0 Å². The maximum absolute atomic E-state index is 12.9. The molecule has 0 radical (unpaired) electrons. The maximum atomic E-state index is 12.9. The molecule has 1 aromatic carbocycles. The van der Waals surface area contributed by atoms with Gasteiger partial charge in [0.2, 0.25) is 5.91 Å². The van der Waals surface area contributed by atoms with Gasteiger partial charge >= 0.3 is 0 Å². The molecule has 1 saturated carbocycles. The van der Waals surface area contributed by atoms with E-state index in [0.717, 1.165) is 18.8 Å². The Morgan fingerprint density at radius 2 is 1.72 bits per heavy atom. The first kappa shape index (κ1) is 21.6. The summed E-state index contributed by atoms with van der Waals surface area (Å²) in [6, 6.07) is 5.73. The number of hydrogen-bond acceptors (Lipinski definition) is 4. The van der Waals surface area contributed by atoms with Gasteiger partial charge in [-0.2, -0.15) is 0 Å². The number of amides is 2. The minimum Gasteiger partial charge on any atom is -0.484 e. The molecule has 1 saturated heterocycles. The number of carbonyl (C=O) groups excluding carboxylic acids is 2. The second-order valence-corrected chi connectivity index (χ2v) is 8.30. The molecule has 2 aliphatic rings. The number of piperazine rings is 1. The average molecular weight is 406 g/mol. The van der Waals surface area contributed by atoms with Gasteiger partial charge in [0, 0.05) is 32.2 Å². The third kappa shape index (κ3) is 6.16. The van der Waals surface area contributed by atoms with Crippen molar-refractivity contribution in [3.05, 3.63) is 30.1 Å². The van der Waals surface area contributed by atoms with E-state index in [4.69, 9.17) is 4.74 Å². The monoisotopic (exact) mass is 405 g/mol. The lowest BCUT2D eigenvalue weighted by molar-refractivity contribution is -0.136. The maximum Gasteiger partial charge on any atom is 0.260 e. The van der Waals surface area contributed by atoms with E-state index in [9.17, 15) is 14.0 Å². The van der Waals surface area contributed by atoms with E-state index >= 15 is 0 Å². The molecule has 3 rings (SSSR count). The smallest absolute Gasteiger partial charge is 0.260 e. The summed E-state index contributed by atoms with van der Waals surface area (Å²) in [5.74, 6) is 0.890. The van der Waals surface area contributed by atoms with Gasteiger partial charge in [0.15, 0.2) is 6.61 Å². The van der Waals surface area contributed by atoms with Gasteiger partial charge < -0.3 is 15.0 Å². The Balaban J connectivity index is 1.39. The van der Waals surface area contributed by atoms with Crippen LogP contribution in [-0.2, 0) is 9.59 Å². The molecule has 1 aliphatic carbocycles. The number of hydrogen-bond donors (Lipinski definition) is 1. The van der Waals surface area contributed by atoms with Gasteiger partial charge in [0.1, 0.15) is 11.6 Å². The number of rotatable bonds is 6. The topological polar surface area (TPSA) is 61.9 Å². The van der Waals surface area contributed by atoms with Crippen molar-refractivity contribution in [2.24, 2.45) is 5.92 Å². The number of halogens is 1. The van der Waals surface area contributed by atoms with Crippen LogP contribution in [0.4, 0.5) is 4.39 Å². The second kappa shape index (κ2) is 10.1. The molecule has 2 amide bonds. The minimum atomic E-state index is -0.337. The molecule has 1 atom stereocenters. The molecule has 1 aliphatic heterocycles. The van der Waals surface area contributed by atoms with Crippen molar-refractivity contribution in [3.63, 3.8) is 0 Å². The highest BCUT2D eigenvalue weighted by Gasteiger charge is 2.29. The molecule has 0 spiro atoms. The molecule has 29 heavy (non-hydrogen) atoms. The molecule has 1 aromatic rings. The van der Waals surface area contributed by atoms with Crippen molar-refractivity contribution in [1.29, 1.82) is 0 Å². The zero-order valence-corrected chi connectivity index (χ0v) is 17.4. The molecular weight excluding hydrogens is 373 g/mol. The van der Waals surface area contributed by atoms with E-state index in [-0.39, 0.29) is 30.3 Å². The van der Waals surface area contributed by atoms with Crippen LogP contribution >= 0.6 is 0 Å². The number of carbonyl (C=O) groups is 2. The Kier molecular flexibility index (Phi) is 7.47. The van der Waals surface area contributed by atoms with Crippen molar-refractivity contribution < 1.29 is 18.7 Å². The molecule has 160 valence electrons. The standard InChI is InChI=1S/C22H32FN3O3/c1-16-3-7-19(8-4-16)24-22(28)17(2)25-11-13-26(14-12-25)21(27)15-29-20-9-5-18(23)6-10-20/h5-6,9-10,16-17,19H,3-4,7-8,11-15H2,1-2H3,(H,24,28). The quantitative estimate of drug-likeness (QED) is 0.790. The molecule has 0 bridgehead atoms. The Bertz CT molecular complexity index is 681. The van der Waals surface area contributed by atoms with Crippen LogP contribution in [0, 0.1) is 11.7 Å². The molecule has 1 heterocycles. The van der Waals surface area contributed by atoms with E-state index in [0.29, 0.717) is 38.0 Å². The highest BCUT2D eigenvalue weighted by molar-refractivity contribution is 5.81. The summed E-state index contributed by atoms with van der Waals surface area (Å²) in [7, 11) is 0. The lowest BCUT2D eigenvalue weighted by Gasteiger charge is -2.38. The van der Waals surface area contributed by atoms with Gasteiger partial charge in [-0.1, -0.05) is 6.92 Å². The predicted molar refractivity (Wildman–Crippen MR) is 109 cm³/mol. The largest absolute Gasteiger partial charge is 0.484 e. The second-order valence-electron chi connectivity index (χ2n) is 8.30. The first-order valence-electron chi connectivity index (χ1n) is 10.6. The van der Waals surface area contributed by atoms with Crippen LogP contribution < -0.4 is 10.1 Å². The van der Waals surface area contributed by atoms with Crippen molar-refractivity contribution in [1.82, 2.24) is 15.1 Å². The fourth-order valence-corrected chi connectivity index (χ4v) is 4.02. The van der Waals surface area contributed by atoms with Crippen LogP contribution in [0.2, 0.25) is 0 Å². The van der Waals surface area contributed by atoms with E-state index in [2.05, 4.69) is 17.1 Å². The van der Waals surface area contributed by atoms with Crippen molar-refractivity contribution in [2.45, 2.75) is 51.6 Å². The van der Waals surface area contributed by atoms with Gasteiger partial charge in [-0.05, 0) is 62.8 Å². The van der Waals surface area contributed by atoms with Crippen LogP contribution in [0.5, 0.6) is 5.75 Å². The summed E-state index contributed by atoms with van der Waals surface area (Å²) in [5.41, 5.74) is 0. The Labute approximate surface area is 172 Å². The third-order valence-electron chi connectivity index (χ3n) is 6.13. The zero-order valence-electron chi connectivity index (χ0n) is 17.4. The molecule has 0 aromatic heterocycles. The first-order chi connectivity index (χ1) is 13.9. The highest BCUT2D eigenvalue weighted by atomic mass is 19.1. The third-order valence-corrected chi connectivity index (χ3v) is 6.13. The number of nitrogens with one attached hydrogen (secondary N) is 1. The SMILES string of the molecule is CC1CCC(NC(=O)C(C)N2CCN(C(=O)COc3ccc(F)cc3)CC2)CC1. The lowest BCUT2D eigenvalue weighted by atomic mass is 9.87. The van der Waals surface area contributed by atoms with Gasteiger partial charge in [0.05, 0.1) is 6.04 Å². The molecule has 2 fully saturated rings. The number of benzene rings is 1. The molecule has 1 unspecified atom stereocenters. The van der Waals surface area contributed by atoms with Crippen molar-refractivity contribution in [3.8, 4) is 5.75 Å². The summed E-state index contributed by atoms with van der Waals surface area (Å²) in [6.45, 7) is 6.62. The number of nitrogens with zero attached hydrogens (tertiary/aromatic N) is 2. The van der Waals surface area contributed by atoms with E-state index in [1.54, 1.807) is 4.90 Å². The number of ether oxygens (including phenoxy) is 1. The van der Waals surface area contributed by atoms with Gasteiger partial charge in [-0.15, -0.1) is 0 Å². The molecule has 6 nitrogen and oxygen atoms in total. The Hall–Kier alpha value is -2.15. The fraction of sp³-hybridized carbons (Fsp3) is 0.636. The van der Waals surface area contributed by atoms with E-state index < -0.39 is 0 Å². The van der Waals surface area contributed by atoms with Crippen molar-refractivity contribution in [2.75, 3.05) is 32.8 Å². The first-order valence-corrected chi connectivity index (χ1v) is 10.6. The van der Waals surface area contributed by atoms with Crippen molar-refractivity contribution >= 4 is 11.8 Å². The van der Waals surface area contributed by atoms with Gasteiger partial charge in [0.25, 0.3) is 5.91 Å². The predicted octanol–water partition coefficient (Wildman–Crippen LogP) is 2.43. The van der Waals surface area contributed by atoms with Crippen LogP contribution in [0.3, 0.4) is 0 Å². The summed E-state index contributed by atoms with van der Waals surface area (Å²) < 4.78 is 18.4. The fourth-order valence-electron chi connectivity index (χ4n) is 4.02. The summed E-state index contributed by atoms with van der Waals surface area (Å²) in [5, 5.41) is 3.21. The molecule has 7 heteroatoms. The van der Waals surface area contributed by atoms with Crippen LogP contribution in [-0.4, -0.2) is 66.5 Å². The Morgan fingerprint density at radius 3 is 2.34 bits per heavy atom. The van der Waals surface area contributed by atoms with Crippen LogP contribution in [0.1, 0.15) is 39.5 Å². The normalized spacial score (nSPS) is 24.0. The van der Waals surface area contributed by atoms with E-state index in [1.807, 2.05) is 6.92 Å². The molecule has 1 N–H and O–H groups in total. The van der Waals surface area contributed by atoms with Crippen LogP contribution in [0.15, 0.2) is 24.3 Å². The summed E-state index contributed by atoms with van der Waals surface area (Å²) in [4.78, 5) is 28.9. The van der Waals surface area contributed by atoms with Gasteiger partial charge in [-0.3, -0.25) is 14.5 Å². The van der Waals surface area contributed by atoms with E-state index in [1.165, 1.54) is 37.1 Å². The summed E-state index contributed by atoms with van der Waals surface area (Å²) in [6.07, 6.45) is 4.49. The summed E-state index contributed by atoms with van der Waals surface area (Å²) >= 11 is 0. The lowest BCUT2D eigenvalue weighted by Crippen LogP contribution is -2.56. The molecular formula is C22H32FN3O3. The highest BCUT2D eigenvalue weighted by Crippen LogP contribution is 2.23.